The van der Waals surface area contributed by atoms with Gasteiger partial charge in [-0.15, -0.1) is 0 Å². The topological polar surface area (TPSA) is 70.5 Å². The van der Waals surface area contributed by atoms with Crippen LogP contribution >= 0.6 is 0 Å². The van der Waals surface area contributed by atoms with E-state index in [0.717, 1.165) is 17.5 Å². The number of hydrogen-bond donors (Lipinski definition) is 1. The molecule has 0 unspecified atom stereocenters. The number of carbonyl (C=O) groups is 2. The van der Waals surface area contributed by atoms with E-state index in [4.69, 9.17) is 0 Å². The van der Waals surface area contributed by atoms with Crippen LogP contribution in [-0.4, -0.2) is 63.7 Å². The van der Waals surface area contributed by atoms with E-state index in [-0.39, 0.29) is 42.7 Å². The maximum absolute atomic E-state index is 13.8. The quantitative estimate of drug-likeness (QED) is 0.781. The van der Waals surface area contributed by atoms with Crippen molar-refractivity contribution in [2.75, 3.05) is 25.5 Å². The average Bonchev–Trinajstić information content (AvgIpc) is 3.29. The Hall–Kier alpha value is -2.26. The van der Waals surface area contributed by atoms with E-state index < -0.39 is 18.1 Å². The van der Waals surface area contributed by atoms with Gasteiger partial charge in [0.15, 0.2) is 6.04 Å². The van der Waals surface area contributed by atoms with E-state index in [9.17, 15) is 22.8 Å². The SMILES string of the molecule is CC(C)[C@@H]1C[C@H](C(F)(F)F)n2nc([C@H]3CCCCN3C(=O)[C@@H]3CC(=O)N(C)C3)cc2N1. The number of anilines is 1. The molecule has 4 rings (SSSR count). The molecule has 31 heavy (non-hydrogen) atoms. The van der Waals surface area contributed by atoms with Crippen molar-refractivity contribution in [2.24, 2.45) is 11.8 Å². The first-order chi connectivity index (χ1) is 14.6. The Morgan fingerprint density at radius 3 is 2.65 bits per heavy atom. The minimum Gasteiger partial charge on any atom is -0.367 e. The van der Waals surface area contributed by atoms with Crippen molar-refractivity contribution in [3.63, 3.8) is 0 Å². The molecule has 10 heteroatoms. The van der Waals surface area contributed by atoms with Gasteiger partial charge in [0, 0.05) is 38.7 Å². The van der Waals surface area contributed by atoms with E-state index in [1.54, 1.807) is 22.9 Å². The number of nitrogens with one attached hydrogen (secondary N) is 1. The second-order valence-corrected chi connectivity index (χ2v) is 9.41. The summed E-state index contributed by atoms with van der Waals surface area (Å²) in [5, 5.41) is 7.58. The molecule has 0 bridgehead atoms. The van der Waals surface area contributed by atoms with Crippen LogP contribution in [0.5, 0.6) is 0 Å². The Labute approximate surface area is 179 Å². The highest BCUT2D eigenvalue weighted by Gasteiger charge is 2.47. The van der Waals surface area contributed by atoms with Crippen molar-refractivity contribution in [1.82, 2.24) is 19.6 Å². The maximum atomic E-state index is 13.8. The molecule has 0 aliphatic carbocycles. The van der Waals surface area contributed by atoms with E-state index in [1.807, 2.05) is 13.8 Å². The summed E-state index contributed by atoms with van der Waals surface area (Å²) >= 11 is 0. The molecule has 3 aliphatic rings. The van der Waals surface area contributed by atoms with Crippen molar-refractivity contribution in [3.8, 4) is 0 Å². The van der Waals surface area contributed by atoms with Crippen LogP contribution in [0.1, 0.15) is 63.7 Å². The lowest BCUT2D eigenvalue weighted by molar-refractivity contribution is -0.174. The normalized spacial score (nSPS) is 29.3. The third-order valence-electron chi connectivity index (χ3n) is 6.86. The van der Waals surface area contributed by atoms with Crippen LogP contribution in [0.4, 0.5) is 19.0 Å². The summed E-state index contributed by atoms with van der Waals surface area (Å²) in [6, 6.07) is -0.671. The molecule has 0 saturated carbocycles. The van der Waals surface area contributed by atoms with Crippen LogP contribution in [0, 0.1) is 11.8 Å². The van der Waals surface area contributed by atoms with E-state index in [0.29, 0.717) is 31.0 Å². The maximum Gasteiger partial charge on any atom is 0.410 e. The molecule has 2 fully saturated rings. The van der Waals surface area contributed by atoms with Crippen molar-refractivity contribution in [2.45, 2.75) is 70.3 Å². The van der Waals surface area contributed by atoms with Gasteiger partial charge in [0.2, 0.25) is 11.8 Å². The third-order valence-corrected chi connectivity index (χ3v) is 6.86. The summed E-state index contributed by atoms with van der Waals surface area (Å²) in [7, 11) is 1.68. The molecular formula is C21H30F3N5O2. The predicted molar refractivity (Wildman–Crippen MR) is 108 cm³/mol. The van der Waals surface area contributed by atoms with Gasteiger partial charge in [-0.3, -0.25) is 9.59 Å². The second-order valence-electron chi connectivity index (χ2n) is 9.41. The smallest absolute Gasteiger partial charge is 0.367 e. The van der Waals surface area contributed by atoms with Gasteiger partial charge in [-0.2, -0.15) is 18.3 Å². The zero-order valence-corrected chi connectivity index (χ0v) is 18.2. The van der Waals surface area contributed by atoms with Gasteiger partial charge < -0.3 is 15.1 Å². The minimum atomic E-state index is -4.40. The largest absolute Gasteiger partial charge is 0.410 e. The number of carbonyl (C=O) groups excluding carboxylic acids is 2. The zero-order valence-electron chi connectivity index (χ0n) is 18.2. The molecule has 0 radical (unpaired) electrons. The summed E-state index contributed by atoms with van der Waals surface area (Å²) in [5.74, 6) is -0.158. The molecular weight excluding hydrogens is 411 g/mol. The summed E-state index contributed by atoms with van der Waals surface area (Å²) in [5.41, 5.74) is 0.492. The van der Waals surface area contributed by atoms with Crippen molar-refractivity contribution in [1.29, 1.82) is 0 Å². The molecule has 7 nitrogen and oxygen atoms in total. The molecule has 0 aromatic carbocycles. The standard InChI is InChI=1S/C21H30F3N5O2/c1-12(2)14-9-17(21(22,23)24)29-18(25-14)10-15(26-29)16-6-4-5-7-28(16)20(31)13-8-19(30)27(3)11-13/h10,12-14,16-17,25H,4-9,11H2,1-3H3/t13-,14+,16-,17-/m1/s1. The summed E-state index contributed by atoms with van der Waals surface area (Å²) in [6.07, 6.45) is -1.91. The fourth-order valence-corrected chi connectivity index (χ4v) is 4.99. The number of hydrogen-bond acceptors (Lipinski definition) is 4. The molecule has 4 atom stereocenters. The van der Waals surface area contributed by atoms with E-state index in [1.165, 1.54) is 0 Å². The summed E-state index contributed by atoms with van der Waals surface area (Å²) in [6.45, 7) is 4.72. The molecule has 3 aliphatic heterocycles. The van der Waals surface area contributed by atoms with Crippen LogP contribution in [0.2, 0.25) is 0 Å². The predicted octanol–water partition coefficient (Wildman–Crippen LogP) is 3.36. The Morgan fingerprint density at radius 1 is 1.29 bits per heavy atom. The fourth-order valence-electron chi connectivity index (χ4n) is 4.99. The number of rotatable bonds is 3. The average molecular weight is 441 g/mol. The summed E-state index contributed by atoms with van der Waals surface area (Å²) < 4.78 is 42.5. The molecule has 4 heterocycles. The van der Waals surface area contributed by atoms with E-state index in [2.05, 4.69) is 10.4 Å². The summed E-state index contributed by atoms with van der Waals surface area (Å²) in [4.78, 5) is 28.4. The van der Waals surface area contributed by atoms with Crippen LogP contribution in [0.3, 0.4) is 0 Å². The Kier molecular flexibility index (Phi) is 5.68. The lowest BCUT2D eigenvalue weighted by Crippen LogP contribution is -2.43. The molecule has 1 N–H and O–H groups in total. The first-order valence-electron chi connectivity index (χ1n) is 11.0. The Morgan fingerprint density at radius 2 is 2.03 bits per heavy atom. The highest BCUT2D eigenvalue weighted by atomic mass is 19.4. The van der Waals surface area contributed by atoms with Gasteiger partial charge in [-0.1, -0.05) is 13.8 Å². The number of aromatic nitrogens is 2. The monoisotopic (exact) mass is 441 g/mol. The first-order valence-corrected chi connectivity index (χ1v) is 11.0. The lowest BCUT2D eigenvalue weighted by atomic mass is 9.94. The van der Waals surface area contributed by atoms with Crippen molar-refractivity contribution < 1.29 is 22.8 Å². The van der Waals surface area contributed by atoms with Crippen LogP contribution < -0.4 is 5.32 Å². The van der Waals surface area contributed by atoms with Gasteiger partial charge in [-0.25, -0.2) is 4.68 Å². The Balaban J connectivity index is 1.63. The van der Waals surface area contributed by atoms with Gasteiger partial charge >= 0.3 is 6.18 Å². The number of piperidine rings is 1. The molecule has 1 aromatic rings. The number of amides is 2. The molecule has 2 saturated heterocycles. The third kappa shape index (κ3) is 4.13. The van der Waals surface area contributed by atoms with Gasteiger partial charge in [-0.05, 0) is 31.6 Å². The van der Waals surface area contributed by atoms with Crippen molar-refractivity contribution >= 4 is 17.6 Å². The molecule has 1 aromatic heterocycles. The molecule has 0 spiro atoms. The fraction of sp³-hybridized carbons (Fsp3) is 0.762. The minimum absolute atomic E-state index is 0.0431. The molecule has 2 amide bonds. The molecule has 172 valence electrons. The number of alkyl halides is 3. The zero-order chi connectivity index (χ0) is 22.5. The van der Waals surface area contributed by atoms with Crippen LogP contribution in [0.25, 0.3) is 0 Å². The second kappa shape index (κ2) is 8.02. The number of fused-ring (bicyclic) bond motifs is 1. The van der Waals surface area contributed by atoms with Crippen LogP contribution in [-0.2, 0) is 9.59 Å². The number of nitrogens with zero attached hydrogens (tertiary/aromatic N) is 4. The van der Waals surface area contributed by atoms with Gasteiger partial charge in [0.1, 0.15) is 5.82 Å². The van der Waals surface area contributed by atoms with Crippen molar-refractivity contribution in [3.05, 3.63) is 11.8 Å². The van der Waals surface area contributed by atoms with Crippen LogP contribution in [0.15, 0.2) is 6.07 Å². The highest BCUT2D eigenvalue weighted by molar-refractivity contribution is 5.89. The highest BCUT2D eigenvalue weighted by Crippen LogP contribution is 2.42. The lowest BCUT2D eigenvalue weighted by Gasteiger charge is -2.36. The Bertz CT molecular complexity index is 853. The first kappa shape index (κ1) is 22.0. The van der Waals surface area contributed by atoms with Gasteiger partial charge in [0.25, 0.3) is 0 Å². The number of halogens is 3. The van der Waals surface area contributed by atoms with E-state index >= 15 is 0 Å². The van der Waals surface area contributed by atoms with Gasteiger partial charge in [0.05, 0.1) is 17.7 Å². The number of likely N-dealkylation sites (tertiary alicyclic amines) is 2.